The lowest BCUT2D eigenvalue weighted by atomic mass is 10.0. The van der Waals surface area contributed by atoms with E-state index >= 15 is 0 Å². The molecule has 2 atom stereocenters. The topological polar surface area (TPSA) is 3.88 Å². The molecule has 2 unspecified atom stereocenters. The maximum Gasteiger partial charge on any atom is 0.262 e. The Labute approximate surface area is 219 Å². The molecule has 0 bridgehead atoms. The van der Waals surface area contributed by atoms with Crippen LogP contribution >= 0.6 is 23.1 Å². The number of nitrogens with zero attached hydrogens (tertiary/aromatic N) is 4. The maximum atomic E-state index is 2.52. The molecule has 0 radical (unpaired) electrons. The molecule has 1 aromatic heterocycles. The third-order valence-electron chi connectivity index (χ3n) is 7.37. The standard InChI is InChI=1S/C29H40N4S2/c1-31(2,3)21-12-20-30-23-13-7-9-15-25(23)34-27(30)17-11-18-29-33(22-19-28(33)32(4,5)6)24-14-8-10-16-26(24)35-29/h7-11,13-18,28H,12,19-22H2,1-6H3/q+4. The van der Waals surface area contributed by atoms with Crippen LogP contribution in [0.5, 0.6) is 0 Å². The van der Waals surface area contributed by atoms with Crippen LogP contribution in [0.3, 0.4) is 0 Å². The van der Waals surface area contributed by atoms with Crippen molar-refractivity contribution in [3.8, 4) is 0 Å². The molecule has 1 fully saturated rings. The van der Waals surface area contributed by atoms with E-state index in [2.05, 4.69) is 114 Å². The summed E-state index contributed by atoms with van der Waals surface area (Å²) in [6.07, 6.45) is 10.0. The van der Waals surface area contributed by atoms with Gasteiger partial charge in [-0.05, 0) is 30.0 Å². The first-order valence-corrected chi connectivity index (χ1v) is 14.3. The normalized spacial score (nSPS) is 23.5. The van der Waals surface area contributed by atoms with E-state index in [1.165, 1.54) is 56.8 Å². The molecule has 2 aromatic carbocycles. The fourth-order valence-corrected chi connectivity index (χ4v) is 8.13. The number of fused-ring (bicyclic) bond motifs is 3. The van der Waals surface area contributed by atoms with Gasteiger partial charge in [0.05, 0.1) is 60.1 Å². The fraction of sp³-hybridized carbons (Fsp3) is 0.414. The lowest BCUT2D eigenvalue weighted by Gasteiger charge is -2.53. The lowest BCUT2D eigenvalue weighted by Crippen LogP contribution is -2.73. The summed E-state index contributed by atoms with van der Waals surface area (Å²) < 4.78 is 6.88. The Morgan fingerprint density at radius 1 is 1.00 bits per heavy atom. The first-order chi connectivity index (χ1) is 16.6. The van der Waals surface area contributed by atoms with Crippen LogP contribution in [0.25, 0.3) is 16.3 Å². The van der Waals surface area contributed by atoms with Crippen LogP contribution < -0.4 is 9.05 Å². The minimum Gasteiger partial charge on any atom is -0.331 e. The van der Waals surface area contributed by atoms with Crippen LogP contribution in [0.1, 0.15) is 17.8 Å². The Balaban J connectivity index is 1.47. The zero-order chi connectivity index (χ0) is 24.8. The molecule has 184 valence electrons. The van der Waals surface area contributed by atoms with Gasteiger partial charge in [0.15, 0.2) is 17.3 Å². The second-order valence-corrected chi connectivity index (χ2v) is 14.0. The van der Waals surface area contributed by atoms with Crippen molar-refractivity contribution in [3.63, 3.8) is 0 Å². The highest BCUT2D eigenvalue weighted by Gasteiger charge is 2.62. The Kier molecular flexibility index (Phi) is 6.47. The molecule has 1 spiro atoms. The van der Waals surface area contributed by atoms with Crippen molar-refractivity contribution in [2.24, 2.45) is 0 Å². The van der Waals surface area contributed by atoms with Gasteiger partial charge < -0.3 is 4.48 Å². The van der Waals surface area contributed by atoms with Crippen molar-refractivity contribution in [2.45, 2.75) is 30.4 Å². The van der Waals surface area contributed by atoms with E-state index in [-0.39, 0.29) is 0 Å². The first kappa shape index (κ1) is 24.7. The molecule has 4 nitrogen and oxygen atoms in total. The monoisotopic (exact) mass is 508 g/mol. The van der Waals surface area contributed by atoms with Gasteiger partial charge in [0, 0.05) is 24.3 Å². The van der Waals surface area contributed by atoms with Gasteiger partial charge in [-0.2, -0.15) is 4.57 Å². The van der Waals surface area contributed by atoms with Gasteiger partial charge in [-0.1, -0.05) is 35.6 Å². The summed E-state index contributed by atoms with van der Waals surface area (Å²) >= 11 is 3.87. The van der Waals surface area contributed by atoms with Crippen LogP contribution in [0.15, 0.2) is 70.6 Å². The van der Waals surface area contributed by atoms with Gasteiger partial charge in [-0.15, -0.1) is 0 Å². The number of thiazole rings is 1. The number of hydrogen-bond acceptors (Lipinski definition) is 2. The zero-order valence-corrected chi connectivity index (χ0v) is 23.7. The maximum absolute atomic E-state index is 2.52. The minimum atomic E-state index is 0.565. The number of aryl methyl sites for hydroxylation is 1. The van der Waals surface area contributed by atoms with Crippen molar-refractivity contribution in [3.05, 3.63) is 70.7 Å². The second kappa shape index (κ2) is 9.16. The quantitative estimate of drug-likeness (QED) is 0.293. The van der Waals surface area contributed by atoms with Crippen molar-refractivity contribution in [2.75, 3.05) is 55.4 Å². The Bertz CT molecular complexity index is 1290. The Morgan fingerprint density at radius 2 is 1.74 bits per heavy atom. The summed E-state index contributed by atoms with van der Waals surface area (Å²) in [5, 5.41) is 2.80. The molecule has 6 heteroatoms. The van der Waals surface area contributed by atoms with E-state index in [1.807, 2.05) is 23.1 Å². The van der Waals surface area contributed by atoms with Crippen molar-refractivity contribution in [1.29, 1.82) is 0 Å². The van der Waals surface area contributed by atoms with Crippen LogP contribution in [0, 0.1) is 0 Å². The SMILES string of the molecule is C[N+](C)(C)CCC[n+]1c(C=CC=C2Sc3ccccc3[N+]23CCC3[N+](C)(C)C)sc2ccccc21. The Morgan fingerprint density at radius 3 is 2.46 bits per heavy atom. The number of allylic oxidation sites excluding steroid dienone is 2. The van der Waals surface area contributed by atoms with Crippen molar-refractivity contribution >= 4 is 45.1 Å². The molecule has 5 rings (SSSR count). The Hall–Kier alpha value is -1.96. The number of rotatable bonds is 7. The summed E-state index contributed by atoms with van der Waals surface area (Å²) in [6.45, 7) is 3.42. The second-order valence-electron chi connectivity index (χ2n) is 11.8. The van der Waals surface area contributed by atoms with E-state index in [1.54, 1.807) is 0 Å². The summed E-state index contributed by atoms with van der Waals surface area (Å²) in [4.78, 5) is 1.42. The van der Waals surface area contributed by atoms with Gasteiger partial charge in [0.1, 0.15) is 17.7 Å². The summed E-state index contributed by atoms with van der Waals surface area (Å²) in [6, 6.07) is 17.9. The van der Waals surface area contributed by atoms with Crippen molar-refractivity contribution in [1.82, 2.24) is 4.48 Å². The van der Waals surface area contributed by atoms with E-state index < -0.39 is 0 Å². The van der Waals surface area contributed by atoms with Gasteiger partial charge in [-0.3, -0.25) is 4.48 Å². The summed E-state index contributed by atoms with van der Waals surface area (Å²) in [7, 11) is 13.9. The zero-order valence-electron chi connectivity index (χ0n) is 22.1. The van der Waals surface area contributed by atoms with Crippen LogP contribution in [-0.2, 0) is 6.54 Å². The van der Waals surface area contributed by atoms with Gasteiger partial charge >= 0.3 is 0 Å². The number of aromatic nitrogens is 1. The molecule has 0 aliphatic carbocycles. The first-order valence-electron chi connectivity index (χ1n) is 12.7. The molecule has 2 aliphatic rings. The van der Waals surface area contributed by atoms with E-state index in [0.29, 0.717) is 6.17 Å². The smallest absolute Gasteiger partial charge is 0.262 e. The number of hydrogen-bond donors (Lipinski definition) is 0. The van der Waals surface area contributed by atoms with E-state index in [9.17, 15) is 0 Å². The average Bonchev–Trinajstić information content (AvgIpc) is 3.27. The summed E-state index contributed by atoms with van der Waals surface area (Å²) in [5.41, 5.74) is 2.84. The predicted octanol–water partition coefficient (Wildman–Crippen LogP) is 5.69. The highest BCUT2D eigenvalue weighted by atomic mass is 32.2. The van der Waals surface area contributed by atoms with Gasteiger partial charge in [0.25, 0.3) is 5.01 Å². The number of thioether (sulfide) groups is 1. The molecule has 35 heavy (non-hydrogen) atoms. The predicted molar refractivity (Wildman–Crippen MR) is 152 cm³/mol. The van der Waals surface area contributed by atoms with Crippen LogP contribution in [-0.4, -0.2) is 70.5 Å². The highest BCUT2D eigenvalue weighted by Crippen LogP contribution is 2.57. The molecule has 0 saturated carbocycles. The van der Waals surface area contributed by atoms with E-state index in [4.69, 9.17) is 0 Å². The molecule has 0 amide bonds. The minimum absolute atomic E-state index is 0.565. The van der Waals surface area contributed by atoms with Crippen LogP contribution in [0.4, 0.5) is 5.69 Å². The third kappa shape index (κ3) is 4.63. The molecular weight excluding hydrogens is 468 g/mol. The number of benzene rings is 2. The van der Waals surface area contributed by atoms with E-state index in [0.717, 1.165) is 20.0 Å². The fourth-order valence-electron chi connectivity index (χ4n) is 5.70. The van der Waals surface area contributed by atoms with Gasteiger partial charge in [-0.25, -0.2) is 4.48 Å². The lowest BCUT2D eigenvalue weighted by molar-refractivity contribution is -0.913. The highest BCUT2D eigenvalue weighted by molar-refractivity contribution is 8.03. The average molecular weight is 509 g/mol. The largest absolute Gasteiger partial charge is 0.331 e. The number of para-hydroxylation sites is 2. The molecule has 1 saturated heterocycles. The molecule has 3 heterocycles. The summed E-state index contributed by atoms with van der Waals surface area (Å²) in [5.74, 6) is 0. The molecular formula is C29H40N4S2+4. The van der Waals surface area contributed by atoms with Gasteiger partial charge in [0.2, 0.25) is 11.7 Å². The third-order valence-corrected chi connectivity index (χ3v) is 9.74. The molecule has 3 aromatic rings. The number of quaternary nitrogens is 3. The molecule has 0 N–H and O–H groups in total. The van der Waals surface area contributed by atoms with Crippen LogP contribution in [0.2, 0.25) is 0 Å². The molecule has 2 aliphatic heterocycles. The van der Waals surface area contributed by atoms with Crippen molar-refractivity contribution < 1.29 is 13.5 Å².